The highest BCUT2D eigenvalue weighted by Crippen LogP contribution is 2.48. The number of allylic oxidation sites excluding steroid dienone is 3. The van der Waals surface area contributed by atoms with Crippen molar-refractivity contribution in [3.8, 4) is 11.8 Å². The lowest BCUT2D eigenvalue weighted by molar-refractivity contribution is -0.651. The molecule has 0 saturated carbocycles. The number of hydrogen-bond donors (Lipinski definition) is 0. The molecule has 0 spiro atoms. The number of aliphatic imine (C=N–C) groups is 1. The molecule has 1 aromatic carbocycles. The highest BCUT2D eigenvalue weighted by atomic mass is 35.5. The first-order valence-corrected chi connectivity index (χ1v) is 8.79. The summed E-state index contributed by atoms with van der Waals surface area (Å²) < 4.78 is 5.42. The number of ether oxygens (including phenoxy) is 1. The van der Waals surface area contributed by atoms with Crippen LogP contribution in [0.3, 0.4) is 0 Å². The molecule has 4 rings (SSSR count). The summed E-state index contributed by atoms with van der Waals surface area (Å²) in [4.78, 5) is 4.85. The average molecular weight is 373 g/mol. The van der Waals surface area contributed by atoms with Gasteiger partial charge in [-0.2, -0.15) is 14.3 Å². The van der Waals surface area contributed by atoms with Crippen LogP contribution in [0, 0.1) is 11.3 Å². The number of fused-ring (bicyclic) bond motifs is 2. The van der Waals surface area contributed by atoms with E-state index in [9.17, 15) is 5.26 Å². The van der Waals surface area contributed by atoms with Crippen LogP contribution < -0.4 is 4.74 Å². The van der Waals surface area contributed by atoms with Crippen LogP contribution in [-0.2, 0) is 0 Å². The van der Waals surface area contributed by atoms with Gasteiger partial charge in [-0.15, -0.1) is 0 Å². The number of rotatable bonds is 2. The molecule has 2 heterocycles. The predicted molar refractivity (Wildman–Crippen MR) is 99.0 cm³/mol. The van der Waals surface area contributed by atoms with Gasteiger partial charge in [0, 0.05) is 24.0 Å². The molecule has 4 nitrogen and oxygen atoms in total. The van der Waals surface area contributed by atoms with E-state index >= 15 is 0 Å². The van der Waals surface area contributed by atoms with Crippen LogP contribution in [0.2, 0.25) is 5.02 Å². The van der Waals surface area contributed by atoms with Crippen molar-refractivity contribution in [3.05, 3.63) is 57.4 Å². The molecule has 0 radical (unpaired) electrons. The van der Waals surface area contributed by atoms with Gasteiger partial charge in [0.2, 0.25) is 5.84 Å². The first-order chi connectivity index (χ1) is 12.0. The highest BCUT2D eigenvalue weighted by molar-refractivity contribution is 6.33. The Hall–Kier alpha value is -2.06. The van der Waals surface area contributed by atoms with E-state index in [1.54, 1.807) is 13.2 Å². The number of quaternary nitrogens is 1. The summed E-state index contributed by atoms with van der Waals surface area (Å²) in [6.07, 6.45) is 3.81. The molecule has 1 saturated heterocycles. The third-order valence-corrected chi connectivity index (χ3v) is 5.73. The maximum atomic E-state index is 9.69. The molecule has 0 amide bonds. The Morgan fingerprint density at radius 2 is 2.16 bits per heavy atom. The van der Waals surface area contributed by atoms with Crippen LogP contribution in [0.15, 0.2) is 51.8 Å². The molecule has 2 aliphatic heterocycles. The van der Waals surface area contributed by atoms with Gasteiger partial charge in [-0.1, -0.05) is 11.6 Å². The van der Waals surface area contributed by atoms with Crippen LogP contribution in [-0.4, -0.2) is 23.5 Å². The minimum absolute atomic E-state index is 0.181. The fourth-order valence-corrected chi connectivity index (χ4v) is 4.30. The molecule has 3 aliphatic rings. The largest absolute Gasteiger partial charge is 0.497 e. The van der Waals surface area contributed by atoms with E-state index < -0.39 is 0 Å². The molecule has 6 heteroatoms. The van der Waals surface area contributed by atoms with E-state index in [1.807, 2.05) is 25.3 Å². The third-order valence-electron chi connectivity index (χ3n) is 4.96. The van der Waals surface area contributed by atoms with Crippen LogP contribution in [0.1, 0.15) is 25.3 Å². The summed E-state index contributed by atoms with van der Waals surface area (Å²) in [6, 6.07) is 7.87. The first-order valence-electron chi connectivity index (χ1n) is 8.07. The van der Waals surface area contributed by atoms with Gasteiger partial charge in [-0.05, 0) is 30.7 Å². The van der Waals surface area contributed by atoms with Gasteiger partial charge in [0.05, 0.1) is 29.0 Å². The van der Waals surface area contributed by atoms with Gasteiger partial charge in [0.1, 0.15) is 24.6 Å². The molecule has 1 fully saturated rings. The highest BCUT2D eigenvalue weighted by Gasteiger charge is 2.45. The molecule has 1 unspecified atom stereocenters. The summed E-state index contributed by atoms with van der Waals surface area (Å²) in [7, 11) is 1.60. The summed E-state index contributed by atoms with van der Waals surface area (Å²) in [5.41, 5.74) is 4.85. The zero-order valence-corrected chi connectivity index (χ0v) is 15.4. The first kappa shape index (κ1) is 16.4. The van der Waals surface area contributed by atoms with Crippen molar-refractivity contribution in [1.29, 1.82) is 5.26 Å². The van der Waals surface area contributed by atoms with Gasteiger partial charge < -0.3 is 4.74 Å². The average Bonchev–Trinajstić information content (AvgIpc) is 3.08. The monoisotopic (exact) mass is 372 g/mol. The van der Waals surface area contributed by atoms with Crippen molar-refractivity contribution in [2.24, 2.45) is 4.99 Å². The van der Waals surface area contributed by atoms with Gasteiger partial charge in [0.15, 0.2) is 11.8 Å². The minimum Gasteiger partial charge on any atom is -0.497 e. The van der Waals surface area contributed by atoms with Crippen LogP contribution >= 0.6 is 23.4 Å². The number of nitriles is 1. The van der Waals surface area contributed by atoms with Crippen LogP contribution in [0.25, 0.3) is 5.57 Å². The minimum atomic E-state index is 0.181. The van der Waals surface area contributed by atoms with Gasteiger partial charge in [-0.3, -0.25) is 0 Å². The lowest BCUT2D eigenvalue weighted by Crippen LogP contribution is -2.36. The third kappa shape index (κ3) is 2.35. The van der Waals surface area contributed by atoms with E-state index in [2.05, 4.69) is 6.07 Å². The Balaban J connectivity index is 1.97. The number of hydrogen-bond acceptors (Lipinski definition) is 3. The SMILES string of the molecule is COc1ccc(C2=C3N=C4CCC[N+]4(Cl)C=C3C(C#N)=C2C)c(Cl)c1. The van der Waals surface area contributed by atoms with Crippen molar-refractivity contribution in [3.63, 3.8) is 0 Å². The zero-order chi connectivity index (χ0) is 17.8. The van der Waals surface area contributed by atoms with Crippen LogP contribution in [0.4, 0.5) is 0 Å². The standard InChI is InChI=1S/C19H16Cl2N3O/c1-11-14(9-22)15-10-24(21)7-3-4-17(24)23-19(15)18(11)13-6-5-12(25-2)8-16(13)20/h5-6,8,10H,3-4,7H2,1-2H3/q+1. The van der Waals surface area contributed by atoms with Gasteiger partial charge >= 0.3 is 0 Å². The molecule has 1 aromatic rings. The Morgan fingerprint density at radius 3 is 2.84 bits per heavy atom. The number of benzene rings is 1. The zero-order valence-electron chi connectivity index (χ0n) is 13.9. The smallest absolute Gasteiger partial charge is 0.226 e. The summed E-state index contributed by atoms with van der Waals surface area (Å²) >= 11 is 13.2. The van der Waals surface area contributed by atoms with Gasteiger partial charge in [-0.25, -0.2) is 0 Å². The molecule has 126 valence electrons. The van der Waals surface area contributed by atoms with Crippen molar-refractivity contribution >= 4 is 34.8 Å². The second-order valence-electron chi connectivity index (χ2n) is 6.35. The van der Waals surface area contributed by atoms with E-state index in [-0.39, 0.29) is 4.00 Å². The Kier molecular flexibility index (Phi) is 3.77. The molecular weight excluding hydrogens is 357 g/mol. The van der Waals surface area contributed by atoms with E-state index in [1.165, 1.54) is 0 Å². The quantitative estimate of drug-likeness (QED) is 0.687. The van der Waals surface area contributed by atoms with Crippen molar-refractivity contribution < 1.29 is 8.74 Å². The second-order valence-corrected chi connectivity index (χ2v) is 7.36. The van der Waals surface area contributed by atoms with Crippen molar-refractivity contribution in [2.75, 3.05) is 13.7 Å². The lowest BCUT2D eigenvalue weighted by atomic mass is 9.99. The number of methoxy groups -OCH3 is 1. The number of halogens is 2. The second kappa shape index (κ2) is 5.74. The predicted octanol–water partition coefficient (Wildman–Crippen LogP) is 4.97. The van der Waals surface area contributed by atoms with E-state index in [4.69, 9.17) is 33.1 Å². The molecule has 0 bridgehead atoms. The Labute approximate surface area is 156 Å². The maximum Gasteiger partial charge on any atom is 0.226 e. The van der Waals surface area contributed by atoms with Gasteiger partial charge in [0.25, 0.3) is 0 Å². The molecule has 0 N–H and O–H groups in total. The fourth-order valence-electron chi connectivity index (χ4n) is 3.69. The molecular formula is C19H16Cl2N3O+. The maximum absolute atomic E-state index is 9.69. The number of nitrogens with zero attached hydrogens (tertiary/aromatic N) is 3. The van der Waals surface area contributed by atoms with Crippen molar-refractivity contribution in [1.82, 2.24) is 0 Å². The van der Waals surface area contributed by atoms with E-state index in [0.29, 0.717) is 16.3 Å². The Morgan fingerprint density at radius 1 is 1.36 bits per heavy atom. The fraction of sp³-hybridized carbons (Fsp3) is 0.263. The van der Waals surface area contributed by atoms with E-state index in [0.717, 1.165) is 53.2 Å². The normalized spacial score (nSPS) is 24.6. The molecule has 0 aromatic heterocycles. The topological polar surface area (TPSA) is 45.4 Å². The summed E-state index contributed by atoms with van der Waals surface area (Å²) in [6.45, 7) is 2.73. The summed E-state index contributed by atoms with van der Waals surface area (Å²) in [5.74, 6) is 1.62. The van der Waals surface area contributed by atoms with Crippen LogP contribution in [0.5, 0.6) is 5.75 Å². The number of amidine groups is 1. The molecule has 25 heavy (non-hydrogen) atoms. The Bertz CT molecular complexity index is 965. The molecule has 1 aliphatic carbocycles. The lowest BCUT2D eigenvalue weighted by Gasteiger charge is -2.24. The van der Waals surface area contributed by atoms with Crippen molar-refractivity contribution in [2.45, 2.75) is 19.8 Å². The molecule has 1 atom stereocenters. The summed E-state index contributed by atoms with van der Waals surface area (Å²) in [5, 5.41) is 10.3.